The van der Waals surface area contributed by atoms with E-state index in [0.29, 0.717) is 16.5 Å². The van der Waals surface area contributed by atoms with E-state index in [-0.39, 0.29) is 29.1 Å². The molecule has 6 nitrogen and oxygen atoms in total. The molecule has 0 saturated carbocycles. The van der Waals surface area contributed by atoms with Gasteiger partial charge in [0, 0.05) is 30.2 Å². The van der Waals surface area contributed by atoms with Crippen molar-refractivity contribution >= 4 is 40.9 Å². The first kappa shape index (κ1) is 21.9. The van der Waals surface area contributed by atoms with Crippen molar-refractivity contribution in [3.8, 4) is 0 Å². The third-order valence-electron chi connectivity index (χ3n) is 4.22. The highest BCUT2D eigenvalue weighted by atomic mass is 35.5. The van der Waals surface area contributed by atoms with Crippen molar-refractivity contribution in [1.29, 1.82) is 0 Å². The first-order chi connectivity index (χ1) is 14.4. The van der Waals surface area contributed by atoms with E-state index in [2.05, 4.69) is 15.6 Å². The molecule has 0 aliphatic carbocycles. The zero-order valence-corrected chi connectivity index (χ0v) is 17.7. The molecular weight excluding hydrogens is 427 g/mol. The Bertz CT molecular complexity index is 1010. The zero-order chi connectivity index (χ0) is 21.5. The van der Waals surface area contributed by atoms with Gasteiger partial charge >= 0.3 is 0 Å². The number of aryl methyl sites for hydroxylation is 1. The van der Waals surface area contributed by atoms with E-state index < -0.39 is 6.04 Å². The molecule has 1 heterocycles. The molecule has 30 heavy (non-hydrogen) atoms. The minimum absolute atomic E-state index is 0.0960. The highest BCUT2D eigenvalue weighted by molar-refractivity contribution is 8.00. The first-order valence-electron chi connectivity index (χ1n) is 9.07. The fraction of sp³-hybridized carbons (Fsp3) is 0.190. The summed E-state index contributed by atoms with van der Waals surface area (Å²) in [5.41, 5.74) is 1.35. The van der Waals surface area contributed by atoms with Gasteiger partial charge in [0.15, 0.2) is 0 Å². The van der Waals surface area contributed by atoms with Gasteiger partial charge in [0.2, 0.25) is 11.8 Å². The van der Waals surface area contributed by atoms with Gasteiger partial charge in [-0.1, -0.05) is 23.7 Å². The van der Waals surface area contributed by atoms with Crippen molar-refractivity contribution in [2.75, 3.05) is 16.8 Å². The number of nitrogens with zero attached hydrogens (tertiary/aromatic N) is 2. The SMILES string of the molecule is Cn1ccnc1C(NC(=O)CSCC(=O)Nc1ccc(F)cc1)c1ccc(Cl)cc1. The summed E-state index contributed by atoms with van der Waals surface area (Å²) in [4.78, 5) is 28.9. The Balaban J connectivity index is 1.55. The third-order valence-corrected chi connectivity index (χ3v) is 5.40. The maximum Gasteiger partial charge on any atom is 0.234 e. The summed E-state index contributed by atoms with van der Waals surface area (Å²) < 4.78 is 14.8. The number of carbonyl (C=O) groups excluding carboxylic acids is 2. The fourth-order valence-electron chi connectivity index (χ4n) is 2.78. The third kappa shape index (κ3) is 6.08. The lowest BCUT2D eigenvalue weighted by molar-refractivity contribution is -0.119. The summed E-state index contributed by atoms with van der Waals surface area (Å²) in [5.74, 6) is 0.0199. The van der Waals surface area contributed by atoms with Crippen LogP contribution in [0.5, 0.6) is 0 Å². The topological polar surface area (TPSA) is 76.0 Å². The van der Waals surface area contributed by atoms with Crippen LogP contribution in [0, 0.1) is 5.82 Å². The summed E-state index contributed by atoms with van der Waals surface area (Å²) in [5, 5.41) is 6.23. The molecule has 0 saturated heterocycles. The lowest BCUT2D eigenvalue weighted by Gasteiger charge is -2.19. The number of imidazole rings is 1. The smallest absolute Gasteiger partial charge is 0.234 e. The molecule has 1 aromatic heterocycles. The highest BCUT2D eigenvalue weighted by Crippen LogP contribution is 2.22. The average molecular weight is 447 g/mol. The normalized spacial score (nSPS) is 11.7. The molecule has 0 fully saturated rings. The molecule has 0 radical (unpaired) electrons. The number of hydrogen-bond donors (Lipinski definition) is 2. The summed E-state index contributed by atoms with van der Waals surface area (Å²) in [6, 6.07) is 12.2. The second kappa shape index (κ2) is 10.3. The Hall–Kier alpha value is -2.84. The molecule has 3 rings (SSSR count). The number of hydrogen-bond acceptors (Lipinski definition) is 4. The number of nitrogens with one attached hydrogen (secondary N) is 2. The number of benzene rings is 2. The second-order valence-electron chi connectivity index (χ2n) is 6.50. The quantitative estimate of drug-likeness (QED) is 0.552. The summed E-state index contributed by atoms with van der Waals surface area (Å²) in [6.07, 6.45) is 3.47. The first-order valence-corrected chi connectivity index (χ1v) is 10.6. The predicted octanol–water partition coefficient (Wildman–Crippen LogP) is 3.79. The van der Waals surface area contributed by atoms with Crippen LogP contribution in [0.3, 0.4) is 0 Å². The maximum absolute atomic E-state index is 12.9. The zero-order valence-electron chi connectivity index (χ0n) is 16.1. The molecule has 2 N–H and O–H groups in total. The van der Waals surface area contributed by atoms with E-state index >= 15 is 0 Å². The Morgan fingerprint density at radius 1 is 1.10 bits per heavy atom. The Labute approximate surface area is 182 Å². The van der Waals surface area contributed by atoms with Gasteiger partial charge in [0.25, 0.3) is 0 Å². The van der Waals surface area contributed by atoms with Crippen molar-refractivity contribution < 1.29 is 14.0 Å². The summed E-state index contributed by atoms with van der Waals surface area (Å²) in [7, 11) is 1.85. The van der Waals surface area contributed by atoms with Gasteiger partial charge in [-0.2, -0.15) is 0 Å². The minimum Gasteiger partial charge on any atom is -0.341 e. The number of aromatic nitrogens is 2. The van der Waals surface area contributed by atoms with Crippen LogP contribution in [-0.2, 0) is 16.6 Å². The molecule has 0 spiro atoms. The van der Waals surface area contributed by atoms with Gasteiger partial charge in [-0.15, -0.1) is 11.8 Å². The standard InChI is InChI=1S/C21H20ClFN4O2S/c1-27-11-10-24-21(27)20(14-2-4-15(22)5-3-14)26-19(29)13-30-12-18(28)25-17-8-6-16(23)7-9-17/h2-11,20H,12-13H2,1H3,(H,25,28)(H,26,29). The van der Waals surface area contributed by atoms with Crippen molar-refractivity contribution in [2.45, 2.75) is 6.04 Å². The molecule has 0 bridgehead atoms. The van der Waals surface area contributed by atoms with Gasteiger partial charge in [-0.05, 0) is 42.0 Å². The largest absolute Gasteiger partial charge is 0.341 e. The predicted molar refractivity (Wildman–Crippen MR) is 117 cm³/mol. The average Bonchev–Trinajstić information content (AvgIpc) is 3.14. The summed E-state index contributed by atoms with van der Waals surface area (Å²) in [6.45, 7) is 0. The van der Waals surface area contributed by atoms with Crippen LogP contribution in [0.1, 0.15) is 17.4 Å². The van der Waals surface area contributed by atoms with Gasteiger partial charge in [-0.3, -0.25) is 9.59 Å². The number of thioether (sulfide) groups is 1. The van der Waals surface area contributed by atoms with Crippen LogP contribution in [0.2, 0.25) is 5.02 Å². The molecule has 1 unspecified atom stereocenters. The van der Waals surface area contributed by atoms with Crippen molar-refractivity contribution in [3.05, 3.63) is 83.2 Å². The molecule has 2 amide bonds. The molecule has 1 atom stereocenters. The Kier molecular flexibility index (Phi) is 7.48. The van der Waals surface area contributed by atoms with E-state index in [4.69, 9.17) is 11.6 Å². The lowest BCUT2D eigenvalue weighted by Crippen LogP contribution is -2.32. The molecule has 2 aromatic carbocycles. The maximum atomic E-state index is 12.9. The van der Waals surface area contributed by atoms with E-state index in [1.807, 2.05) is 23.7 Å². The Morgan fingerprint density at radius 3 is 2.40 bits per heavy atom. The van der Waals surface area contributed by atoms with Crippen LogP contribution in [0.25, 0.3) is 0 Å². The highest BCUT2D eigenvalue weighted by Gasteiger charge is 2.21. The van der Waals surface area contributed by atoms with Crippen LogP contribution in [-0.4, -0.2) is 32.9 Å². The minimum atomic E-state index is -0.441. The second-order valence-corrected chi connectivity index (χ2v) is 7.92. The number of carbonyl (C=O) groups is 2. The molecule has 3 aromatic rings. The number of amides is 2. The molecule has 156 valence electrons. The van der Waals surface area contributed by atoms with Crippen LogP contribution < -0.4 is 10.6 Å². The fourth-order valence-corrected chi connectivity index (χ4v) is 3.53. The van der Waals surface area contributed by atoms with Gasteiger partial charge in [-0.25, -0.2) is 9.37 Å². The lowest BCUT2D eigenvalue weighted by atomic mass is 10.1. The van der Waals surface area contributed by atoms with Crippen LogP contribution >= 0.6 is 23.4 Å². The van der Waals surface area contributed by atoms with E-state index in [0.717, 1.165) is 5.56 Å². The number of anilines is 1. The van der Waals surface area contributed by atoms with E-state index in [9.17, 15) is 14.0 Å². The number of halogens is 2. The van der Waals surface area contributed by atoms with E-state index in [1.165, 1.54) is 36.0 Å². The summed E-state index contributed by atoms with van der Waals surface area (Å²) >= 11 is 7.16. The van der Waals surface area contributed by atoms with Crippen LogP contribution in [0.4, 0.5) is 10.1 Å². The Morgan fingerprint density at radius 2 is 1.77 bits per heavy atom. The van der Waals surface area contributed by atoms with Crippen molar-refractivity contribution in [2.24, 2.45) is 7.05 Å². The van der Waals surface area contributed by atoms with Gasteiger partial charge < -0.3 is 15.2 Å². The van der Waals surface area contributed by atoms with E-state index in [1.54, 1.807) is 24.5 Å². The van der Waals surface area contributed by atoms with Crippen LogP contribution in [0.15, 0.2) is 60.9 Å². The molecule has 0 aliphatic heterocycles. The van der Waals surface area contributed by atoms with Crippen molar-refractivity contribution in [3.63, 3.8) is 0 Å². The molecular formula is C21H20ClFN4O2S. The van der Waals surface area contributed by atoms with Gasteiger partial charge in [0.1, 0.15) is 17.7 Å². The van der Waals surface area contributed by atoms with Crippen molar-refractivity contribution in [1.82, 2.24) is 14.9 Å². The monoisotopic (exact) mass is 446 g/mol. The van der Waals surface area contributed by atoms with Gasteiger partial charge in [0.05, 0.1) is 11.5 Å². The number of rotatable bonds is 8. The molecule has 0 aliphatic rings. The molecule has 9 heteroatoms.